The highest BCUT2D eigenvalue weighted by atomic mass is 19.1. The minimum absolute atomic E-state index is 0.272. The molecule has 0 saturated heterocycles. The fourth-order valence-corrected chi connectivity index (χ4v) is 1.31. The highest BCUT2D eigenvalue weighted by Gasteiger charge is 2.05. The van der Waals surface area contributed by atoms with E-state index in [0.29, 0.717) is 18.6 Å². The Labute approximate surface area is 83.3 Å². The van der Waals surface area contributed by atoms with Crippen molar-refractivity contribution >= 4 is 0 Å². The monoisotopic (exact) mass is 198 g/mol. The summed E-state index contributed by atoms with van der Waals surface area (Å²) in [6.45, 7) is 1.71. The average molecular weight is 198 g/mol. The Morgan fingerprint density at radius 3 is 2.79 bits per heavy atom. The Kier molecular flexibility index (Phi) is 3.89. The van der Waals surface area contributed by atoms with E-state index in [1.54, 1.807) is 20.1 Å². The molecule has 1 aromatic carbocycles. The van der Waals surface area contributed by atoms with E-state index < -0.39 is 0 Å². The molecule has 0 aromatic heterocycles. The molecule has 78 valence electrons. The molecule has 0 bridgehead atoms. The van der Waals surface area contributed by atoms with Crippen molar-refractivity contribution < 1.29 is 14.2 Å². The van der Waals surface area contributed by atoms with Gasteiger partial charge in [0.15, 0.2) is 0 Å². The van der Waals surface area contributed by atoms with Gasteiger partial charge in [-0.3, -0.25) is 0 Å². The fraction of sp³-hybridized carbons (Fsp3) is 0.455. The third-order valence-corrected chi connectivity index (χ3v) is 2.07. The van der Waals surface area contributed by atoms with Crippen LogP contribution in [0.15, 0.2) is 18.2 Å². The Morgan fingerprint density at radius 1 is 1.50 bits per heavy atom. The number of aliphatic hydroxyl groups is 1. The molecule has 0 aliphatic rings. The Morgan fingerprint density at radius 2 is 2.21 bits per heavy atom. The van der Waals surface area contributed by atoms with Crippen molar-refractivity contribution in [3.05, 3.63) is 29.6 Å². The van der Waals surface area contributed by atoms with Crippen LogP contribution in [0.3, 0.4) is 0 Å². The zero-order valence-corrected chi connectivity index (χ0v) is 8.46. The average Bonchev–Trinajstić information content (AvgIpc) is 2.15. The maximum atomic E-state index is 12.9. The Balaban J connectivity index is 2.77. The van der Waals surface area contributed by atoms with Crippen LogP contribution in [0.1, 0.15) is 18.9 Å². The molecule has 0 spiro atoms. The van der Waals surface area contributed by atoms with Gasteiger partial charge in [0.1, 0.15) is 11.6 Å². The molecular weight excluding hydrogens is 183 g/mol. The fourth-order valence-electron chi connectivity index (χ4n) is 1.31. The third kappa shape index (κ3) is 3.00. The zero-order chi connectivity index (χ0) is 10.6. The van der Waals surface area contributed by atoms with Gasteiger partial charge in [0.25, 0.3) is 0 Å². The lowest BCUT2D eigenvalue weighted by atomic mass is 10.1. The van der Waals surface area contributed by atoms with Gasteiger partial charge in [0.2, 0.25) is 0 Å². The number of methoxy groups -OCH3 is 1. The summed E-state index contributed by atoms with van der Waals surface area (Å²) in [5.41, 5.74) is 0.799. The van der Waals surface area contributed by atoms with Crippen LogP contribution in [0.25, 0.3) is 0 Å². The van der Waals surface area contributed by atoms with Crippen molar-refractivity contribution in [3.63, 3.8) is 0 Å². The minimum atomic E-state index is -0.372. The first kappa shape index (κ1) is 11.0. The number of benzene rings is 1. The van der Waals surface area contributed by atoms with E-state index in [0.717, 1.165) is 5.56 Å². The van der Waals surface area contributed by atoms with Crippen LogP contribution in [-0.2, 0) is 6.42 Å². The predicted molar refractivity (Wildman–Crippen MR) is 53.0 cm³/mol. The van der Waals surface area contributed by atoms with Crippen LogP contribution in [0.2, 0.25) is 0 Å². The van der Waals surface area contributed by atoms with Gasteiger partial charge in [-0.15, -0.1) is 0 Å². The molecule has 2 nitrogen and oxygen atoms in total. The summed E-state index contributed by atoms with van der Waals surface area (Å²) in [5.74, 6) is 0.401. The van der Waals surface area contributed by atoms with Crippen molar-refractivity contribution in [1.82, 2.24) is 0 Å². The summed E-state index contributed by atoms with van der Waals surface area (Å²) in [6, 6.07) is 4.42. The van der Waals surface area contributed by atoms with E-state index >= 15 is 0 Å². The Hall–Kier alpha value is -1.09. The third-order valence-electron chi connectivity index (χ3n) is 2.07. The van der Waals surface area contributed by atoms with Crippen molar-refractivity contribution in [1.29, 1.82) is 0 Å². The van der Waals surface area contributed by atoms with Gasteiger partial charge in [0.05, 0.1) is 13.2 Å². The topological polar surface area (TPSA) is 29.5 Å². The summed E-state index contributed by atoms with van der Waals surface area (Å²) < 4.78 is 18.0. The second-order valence-corrected chi connectivity index (χ2v) is 3.34. The van der Waals surface area contributed by atoms with Crippen LogP contribution < -0.4 is 4.74 Å². The highest BCUT2D eigenvalue weighted by molar-refractivity contribution is 5.33. The van der Waals surface area contributed by atoms with E-state index in [4.69, 9.17) is 9.84 Å². The molecule has 0 saturated carbocycles. The lowest BCUT2D eigenvalue weighted by Gasteiger charge is -2.09. The molecule has 1 unspecified atom stereocenters. The molecule has 0 fully saturated rings. The molecule has 0 aliphatic carbocycles. The number of aliphatic hydroxyl groups excluding tert-OH is 1. The summed E-state index contributed by atoms with van der Waals surface area (Å²) >= 11 is 0. The van der Waals surface area contributed by atoms with Crippen LogP contribution in [0.4, 0.5) is 4.39 Å². The first-order chi connectivity index (χ1) is 6.63. The molecule has 0 amide bonds. The molecule has 14 heavy (non-hydrogen) atoms. The van der Waals surface area contributed by atoms with E-state index in [1.165, 1.54) is 12.1 Å². The number of aryl methyl sites for hydroxylation is 1. The molecule has 0 aliphatic heterocycles. The van der Waals surface area contributed by atoms with Gasteiger partial charge in [0, 0.05) is 0 Å². The van der Waals surface area contributed by atoms with E-state index in [2.05, 4.69) is 0 Å². The lowest BCUT2D eigenvalue weighted by molar-refractivity contribution is 0.184. The van der Waals surface area contributed by atoms with Crippen LogP contribution in [0.5, 0.6) is 5.75 Å². The molecule has 0 heterocycles. The van der Waals surface area contributed by atoms with Crippen molar-refractivity contribution in [2.45, 2.75) is 25.9 Å². The van der Waals surface area contributed by atoms with Gasteiger partial charge in [-0.1, -0.05) is 0 Å². The Bertz CT molecular complexity index is 297. The molecule has 1 atom stereocenters. The maximum absolute atomic E-state index is 12.9. The van der Waals surface area contributed by atoms with Crippen molar-refractivity contribution in [2.75, 3.05) is 7.11 Å². The van der Waals surface area contributed by atoms with Crippen LogP contribution in [-0.4, -0.2) is 18.3 Å². The van der Waals surface area contributed by atoms with Gasteiger partial charge < -0.3 is 9.84 Å². The number of hydrogen-bond donors (Lipinski definition) is 1. The second-order valence-electron chi connectivity index (χ2n) is 3.34. The summed E-state index contributed by atoms with van der Waals surface area (Å²) in [7, 11) is 1.55. The first-order valence-electron chi connectivity index (χ1n) is 4.64. The van der Waals surface area contributed by atoms with Gasteiger partial charge in [-0.2, -0.15) is 0 Å². The normalized spacial score (nSPS) is 12.6. The molecule has 3 heteroatoms. The summed E-state index contributed by atoms with van der Waals surface area (Å²) in [4.78, 5) is 0. The number of hydrogen-bond acceptors (Lipinski definition) is 2. The predicted octanol–water partition coefficient (Wildman–Crippen LogP) is 2.15. The molecule has 0 radical (unpaired) electrons. The molecule has 1 N–H and O–H groups in total. The van der Waals surface area contributed by atoms with E-state index in [-0.39, 0.29) is 11.9 Å². The van der Waals surface area contributed by atoms with Crippen molar-refractivity contribution in [2.24, 2.45) is 0 Å². The van der Waals surface area contributed by atoms with Crippen molar-refractivity contribution in [3.8, 4) is 5.75 Å². The summed E-state index contributed by atoms with van der Waals surface area (Å²) in [5, 5.41) is 9.11. The second kappa shape index (κ2) is 4.96. The van der Waals surface area contributed by atoms with E-state index in [1.807, 2.05) is 0 Å². The standard InChI is InChI=1S/C11H15FO2/c1-8(13)3-4-9-7-10(12)5-6-11(9)14-2/h5-8,13H,3-4H2,1-2H3. The first-order valence-corrected chi connectivity index (χ1v) is 4.64. The van der Waals surface area contributed by atoms with Gasteiger partial charge in [-0.25, -0.2) is 4.39 Å². The van der Waals surface area contributed by atoms with Crippen LogP contribution in [0, 0.1) is 5.82 Å². The molecular formula is C11H15FO2. The minimum Gasteiger partial charge on any atom is -0.496 e. The van der Waals surface area contributed by atoms with E-state index in [9.17, 15) is 4.39 Å². The highest BCUT2D eigenvalue weighted by Crippen LogP contribution is 2.21. The van der Waals surface area contributed by atoms with Gasteiger partial charge >= 0.3 is 0 Å². The maximum Gasteiger partial charge on any atom is 0.123 e. The SMILES string of the molecule is COc1ccc(F)cc1CCC(C)O. The zero-order valence-electron chi connectivity index (χ0n) is 8.46. The lowest BCUT2D eigenvalue weighted by Crippen LogP contribution is -2.02. The smallest absolute Gasteiger partial charge is 0.123 e. The molecule has 1 aromatic rings. The quantitative estimate of drug-likeness (QED) is 0.803. The largest absolute Gasteiger partial charge is 0.496 e. The number of rotatable bonds is 4. The summed E-state index contributed by atoms with van der Waals surface area (Å²) in [6.07, 6.45) is 0.862. The van der Waals surface area contributed by atoms with Gasteiger partial charge in [-0.05, 0) is 43.5 Å². The van der Waals surface area contributed by atoms with Crippen LogP contribution >= 0.6 is 0 Å². The molecule has 1 rings (SSSR count). The number of ether oxygens (including phenoxy) is 1. The number of halogens is 1.